The fraction of sp³-hybridized carbons (Fsp3) is 0.300. The van der Waals surface area contributed by atoms with Crippen LogP contribution in [0.15, 0.2) is 53.6 Å². The summed E-state index contributed by atoms with van der Waals surface area (Å²) < 4.78 is 0. The maximum atomic E-state index is 11.9. The summed E-state index contributed by atoms with van der Waals surface area (Å²) in [5.74, 6) is -0.190. The third-order valence-electron chi connectivity index (χ3n) is 3.75. The number of nitrogens with zero attached hydrogens (tertiary/aromatic N) is 2. The summed E-state index contributed by atoms with van der Waals surface area (Å²) in [4.78, 5) is 14.3. The first-order valence-electron chi connectivity index (χ1n) is 8.61. The van der Waals surface area contributed by atoms with E-state index in [0.29, 0.717) is 5.56 Å². The zero-order valence-corrected chi connectivity index (χ0v) is 14.8. The van der Waals surface area contributed by atoms with Crippen molar-refractivity contribution in [3.05, 3.63) is 59.7 Å². The van der Waals surface area contributed by atoms with Crippen LogP contribution in [-0.4, -0.2) is 30.3 Å². The van der Waals surface area contributed by atoms with E-state index in [1.807, 2.05) is 12.1 Å². The van der Waals surface area contributed by atoms with Gasteiger partial charge in [0.15, 0.2) is 0 Å². The van der Waals surface area contributed by atoms with Gasteiger partial charge in [0.05, 0.1) is 6.21 Å². The van der Waals surface area contributed by atoms with Gasteiger partial charge in [-0.1, -0.05) is 26.0 Å². The zero-order valence-electron chi connectivity index (χ0n) is 14.8. The highest BCUT2D eigenvalue weighted by molar-refractivity contribution is 5.95. The SMILES string of the molecule is CCCN(CCC)c1ccc(/C=N/NC(=O)c2ccc(O)cc2)cc1. The monoisotopic (exact) mass is 339 g/mol. The van der Waals surface area contributed by atoms with Crippen molar-refractivity contribution >= 4 is 17.8 Å². The highest BCUT2D eigenvalue weighted by Crippen LogP contribution is 2.15. The summed E-state index contributed by atoms with van der Waals surface area (Å²) in [7, 11) is 0. The molecule has 0 radical (unpaired) electrons. The van der Waals surface area contributed by atoms with Crippen molar-refractivity contribution in [1.29, 1.82) is 0 Å². The summed E-state index contributed by atoms with van der Waals surface area (Å²) in [6, 6.07) is 14.2. The van der Waals surface area contributed by atoms with Crippen LogP contribution in [0.2, 0.25) is 0 Å². The van der Waals surface area contributed by atoms with Gasteiger partial charge in [-0.15, -0.1) is 0 Å². The molecule has 0 atom stereocenters. The number of phenols is 1. The van der Waals surface area contributed by atoms with Crippen LogP contribution in [0.3, 0.4) is 0 Å². The molecule has 0 aromatic heterocycles. The minimum Gasteiger partial charge on any atom is -0.508 e. The predicted molar refractivity (Wildman–Crippen MR) is 102 cm³/mol. The maximum absolute atomic E-state index is 11.9. The predicted octanol–water partition coefficient (Wildman–Crippen LogP) is 3.78. The fourth-order valence-electron chi connectivity index (χ4n) is 2.52. The lowest BCUT2D eigenvalue weighted by atomic mass is 10.2. The summed E-state index contributed by atoms with van der Waals surface area (Å²) in [5, 5.41) is 13.2. The largest absolute Gasteiger partial charge is 0.508 e. The Balaban J connectivity index is 1.94. The van der Waals surface area contributed by atoms with Crippen LogP contribution in [0.25, 0.3) is 0 Å². The molecule has 0 fully saturated rings. The Morgan fingerprint density at radius 1 is 1.04 bits per heavy atom. The molecule has 2 rings (SSSR count). The Labute approximate surface area is 149 Å². The molecule has 0 bridgehead atoms. The lowest BCUT2D eigenvalue weighted by molar-refractivity contribution is 0.0955. The number of anilines is 1. The number of hydrazone groups is 1. The van der Waals surface area contributed by atoms with Gasteiger partial charge in [-0.05, 0) is 54.8 Å². The molecule has 5 nitrogen and oxygen atoms in total. The van der Waals surface area contributed by atoms with E-state index in [0.717, 1.165) is 31.5 Å². The number of hydrogen-bond donors (Lipinski definition) is 2. The number of benzene rings is 2. The molecule has 2 aromatic rings. The van der Waals surface area contributed by atoms with Crippen LogP contribution in [0.5, 0.6) is 5.75 Å². The number of amides is 1. The van der Waals surface area contributed by atoms with Crippen LogP contribution in [0, 0.1) is 0 Å². The minimum absolute atomic E-state index is 0.125. The van der Waals surface area contributed by atoms with E-state index in [2.05, 4.69) is 41.4 Å². The van der Waals surface area contributed by atoms with Crippen LogP contribution in [-0.2, 0) is 0 Å². The van der Waals surface area contributed by atoms with Gasteiger partial charge in [0.1, 0.15) is 5.75 Å². The van der Waals surface area contributed by atoms with Crippen LogP contribution < -0.4 is 10.3 Å². The van der Waals surface area contributed by atoms with Gasteiger partial charge in [-0.25, -0.2) is 5.43 Å². The quantitative estimate of drug-likeness (QED) is 0.568. The first-order valence-corrected chi connectivity index (χ1v) is 8.61. The van der Waals surface area contributed by atoms with Crippen molar-refractivity contribution in [2.45, 2.75) is 26.7 Å². The number of phenolic OH excluding ortho intramolecular Hbond substituents is 1. The molecule has 132 valence electrons. The standard InChI is InChI=1S/C20H25N3O2/c1-3-13-23(14-4-2)18-9-5-16(6-10-18)15-21-22-20(25)17-7-11-19(24)12-8-17/h5-12,15,24H,3-4,13-14H2,1-2H3,(H,22,25)/b21-15+. The first kappa shape index (κ1) is 18.5. The van der Waals surface area contributed by atoms with Crippen molar-refractivity contribution in [2.24, 2.45) is 5.10 Å². The summed E-state index contributed by atoms with van der Waals surface area (Å²) in [5.41, 5.74) is 5.05. The van der Waals surface area contributed by atoms with E-state index in [1.165, 1.54) is 17.8 Å². The maximum Gasteiger partial charge on any atom is 0.271 e. The molecule has 5 heteroatoms. The number of nitrogens with one attached hydrogen (secondary N) is 1. The van der Waals surface area contributed by atoms with Crippen molar-refractivity contribution in [1.82, 2.24) is 5.43 Å². The first-order chi connectivity index (χ1) is 12.1. The molecule has 1 amide bonds. The molecule has 0 aliphatic heterocycles. The highest BCUT2D eigenvalue weighted by Gasteiger charge is 2.05. The van der Waals surface area contributed by atoms with Crippen molar-refractivity contribution in [2.75, 3.05) is 18.0 Å². The van der Waals surface area contributed by atoms with Crippen LogP contribution in [0.1, 0.15) is 42.6 Å². The molecule has 0 unspecified atom stereocenters. The van der Waals surface area contributed by atoms with Crippen LogP contribution >= 0.6 is 0 Å². The minimum atomic E-state index is -0.315. The molecule has 0 aliphatic rings. The Kier molecular flexibility index (Phi) is 7.01. The summed E-state index contributed by atoms with van der Waals surface area (Å²) >= 11 is 0. The average Bonchev–Trinajstić information content (AvgIpc) is 2.62. The Morgan fingerprint density at radius 3 is 2.20 bits per heavy atom. The van der Waals surface area contributed by atoms with Gasteiger partial charge in [0, 0.05) is 24.3 Å². The number of carbonyl (C=O) groups excluding carboxylic acids is 1. The molecular formula is C20H25N3O2. The molecule has 0 aliphatic carbocycles. The van der Waals surface area contributed by atoms with Crippen LogP contribution in [0.4, 0.5) is 5.69 Å². The van der Waals surface area contributed by atoms with Crippen molar-refractivity contribution in [3.63, 3.8) is 0 Å². The number of carbonyl (C=O) groups is 1. The lowest BCUT2D eigenvalue weighted by Crippen LogP contribution is -2.24. The second-order valence-electron chi connectivity index (χ2n) is 5.82. The third-order valence-corrected chi connectivity index (χ3v) is 3.75. The van der Waals surface area contributed by atoms with E-state index in [4.69, 9.17) is 0 Å². The molecule has 0 heterocycles. The van der Waals surface area contributed by atoms with Gasteiger partial charge >= 0.3 is 0 Å². The van der Waals surface area contributed by atoms with E-state index in [1.54, 1.807) is 18.3 Å². The van der Waals surface area contributed by atoms with Gasteiger partial charge in [0.2, 0.25) is 0 Å². The zero-order chi connectivity index (χ0) is 18.1. The molecule has 25 heavy (non-hydrogen) atoms. The van der Waals surface area contributed by atoms with Gasteiger partial charge in [-0.3, -0.25) is 4.79 Å². The Morgan fingerprint density at radius 2 is 1.64 bits per heavy atom. The van der Waals surface area contributed by atoms with Gasteiger partial charge in [-0.2, -0.15) is 5.10 Å². The summed E-state index contributed by atoms with van der Waals surface area (Å²) in [6.45, 7) is 6.45. The van der Waals surface area contributed by atoms with Crippen molar-refractivity contribution in [3.8, 4) is 5.75 Å². The van der Waals surface area contributed by atoms with Gasteiger partial charge < -0.3 is 10.0 Å². The van der Waals surface area contributed by atoms with E-state index in [-0.39, 0.29) is 11.7 Å². The highest BCUT2D eigenvalue weighted by atomic mass is 16.3. The smallest absolute Gasteiger partial charge is 0.271 e. The molecule has 2 N–H and O–H groups in total. The third kappa shape index (κ3) is 5.64. The van der Waals surface area contributed by atoms with E-state index >= 15 is 0 Å². The molecular weight excluding hydrogens is 314 g/mol. The van der Waals surface area contributed by atoms with E-state index < -0.39 is 0 Å². The number of aromatic hydroxyl groups is 1. The average molecular weight is 339 g/mol. The molecule has 0 saturated heterocycles. The molecule has 0 spiro atoms. The number of hydrogen-bond acceptors (Lipinski definition) is 4. The van der Waals surface area contributed by atoms with Gasteiger partial charge in [0.25, 0.3) is 5.91 Å². The van der Waals surface area contributed by atoms with Crippen molar-refractivity contribution < 1.29 is 9.90 Å². The normalized spacial score (nSPS) is 10.8. The second-order valence-corrected chi connectivity index (χ2v) is 5.82. The number of rotatable bonds is 8. The lowest BCUT2D eigenvalue weighted by Gasteiger charge is -2.23. The molecule has 2 aromatic carbocycles. The Bertz CT molecular complexity index is 688. The fourth-order valence-corrected chi connectivity index (χ4v) is 2.52. The topological polar surface area (TPSA) is 64.9 Å². The second kappa shape index (κ2) is 9.47. The van der Waals surface area contributed by atoms with E-state index in [9.17, 15) is 9.90 Å². The summed E-state index contributed by atoms with van der Waals surface area (Å²) in [6.07, 6.45) is 3.85. The Hall–Kier alpha value is -2.82. The molecule has 0 saturated carbocycles.